The Labute approximate surface area is 110 Å². The summed E-state index contributed by atoms with van der Waals surface area (Å²) in [5.41, 5.74) is 0.635. The summed E-state index contributed by atoms with van der Waals surface area (Å²) < 4.78 is 6.60. The van der Waals surface area contributed by atoms with Crippen LogP contribution in [0.3, 0.4) is 0 Å². The van der Waals surface area contributed by atoms with E-state index >= 15 is 0 Å². The second-order valence-electron chi connectivity index (χ2n) is 3.98. The van der Waals surface area contributed by atoms with E-state index in [0.717, 1.165) is 0 Å². The number of methoxy groups -OCH3 is 1. The van der Waals surface area contributed by atoms with Crippen molar-refractivity contribution in [1.29, 1.82) is 0 Å². The average molecular weight is 260 g/mol. The van der Waals surface area contributed by atoms with E-state index in [1.807, 2.05) is 0 Å². The number of rotatable bonds is 4. The second kappa shape index (κ2) is 5.68. The smallest absolute Gasteiger partial charge is 0.488 e. The maximum Gasteiger partial charge on any atom is 0.488 e. The highest BCUT2D eigenvalue weighted by atomic mass is 16.5. The van der Waals surface area contributed by atoms with Gasteiger partial charge in [0.25, 0.3) is 0 Å². The third kappa shape index (κ3) is 3.01. The fourth-order valence-electron chi connectivity index (χ4n) is 1.77. The van der Waals surface area contributed by atoms with E-state index in [9.17, 15) is 4.79 Å². The van der Waals surface area contributed by atoms with Gasteiger partial charge in [-0.05, 0) is 17.6 Å². The van der Waals surface area contributed by atoms with Crippen molar-refractivity contribution in [2.24, 2.45) is 0 Å². The molecule has 0 aliphatic rings. The molecule has 0 aliphatic carbocycles. The van der Waals surface area contributed by atoms with Gasteiger partial charge in [0.2, 0.25) is 0 Å². The number of aromatic nitrogens is 2. The Bertz CT molecular complexity index is 627. The van der Waals surface area contributed by atoms with Gasteiger partial charge < -0.3 is 14.8 Å². The van der Waals surface area contributed by atoms with Crippen LogP contribution in [0.15, 0.2) is 41.5 Å². The molecule has 1 aromatic carbocycles. The largest absolute Gasteiger partial charge is 0.496 e. The monoisotopic (exact) mass is 260 g/mol. The molecular weight excluding hydrogens is 247 g/mol. The van der Waals surface area contributed by atoms with Crippen molar-refractivity contribution in [2.75, 3.05) is 7.11 Å². The second-order valence-corrected chi connectivity index (χ2v) is 3.98. The molecule has 0 unspecified atom stereocenters. The van der Waals surface area contributed by atoms with Crippen LogP contribution in [0.4, 0.5) is 0 Å². The number of hydrogen-bond donors (Lipinski definition) is 2. The van der Waals surface area contributed by atoms with Crippen molar-refractivity contribution < 1.29 is 14.8 Å². The first-order valence-corrected chi connectivity index (χ1v) is 5.66. The molecule has 0 bridgehead atoms. The van der Waals surface area contributed by atoms with Gasteiger partial charge in [0.15, 0.2) is 0 Å². The predicted molar refractivity (Wildman–Crippen MR) is 70.4 cm³/mol. The zero-order valence-corrected chi connectivity index (χ0v) is 10.4. The SMILES string of the molecule is COc1ccc(B(O)O)cc1Cn1cccnc1=O. The fourth-order valence-corrected chi connectivity index (χ4v) is 1.77. The molecule has 0 saturated carbocycles. The lowest BCUT2D eigenvalue weighted by atomic mass is 9.79. The van der Waals surface area contributed by atoms with Crippen LogP contribution in [-0.4, -0.2) is 33.8 Å². The van der Waals surface area contributed by atoms with Gasteiger partial charge in [-0.15, -0.1) is 0 Å². The van der Waals surface area contributed by atoms with Gasteiger partial charge in [-0.25, -0.2) is 9.78 Å². The Morgan fingerprint density at radius 2 is 2.21 bits per heavy atom. The summed E-state index contributed by atoms with van der Waals surface area (Å²) >= 11 is 0. The molecule has 0 atom stereocenters. The van der Waals surface area contributed by atoms with E-state index in [4.69, 9.17) is 14.8 Å². The minimum atomic E-state index is -1.56. The fraction of sp³-hybridized carbons (Fsp3) is 0.167. The molecule has 7 heteroatoms. The van der Waals surface area contributed by atoms with Gasteiger partial charge in [0.05, 0.1) is 13.7 Å². The molecule has 2 N–H and O–H groups in total. The minimum Gasteiger partial charge on any atom is -0.496 e. The number of hydrogen-bond acceptors (Lipinski definition) is 5. The van der Waals surface area contributed by atoms with Crippen LogP contribution in [-0.2, 0) is 6.54 Å². The standard InChI is InChI=1S/C12H13BN2O4/c1-19-11-4-3-10(13(17)18)7-9(11)8-15-6-2-5-14-12(15)16/h2-7,17-18H,8H2,1H3. The first-order chi connectivity index (χ1) is 9.11. The third-order valence-electron chi connectivity index (χ3n) is 2.73. The Hall–Kier alpha value is -2.12. The van der Waals surface area contributed by atoms with Gasteiger partial charge in [0, 0.05) is 18.0 Å². The van der Waals surface area contributed by atoms with Crippen LogP contribution in [0.2, 0.25) is 0 Å². The predicted octanol–water partition coefficient (Wildman–Crippen LogP) is -1.02. The van der Waals surface area contributed by atoms with Crippen LogP contribution in [0.5, 0.6) is 5.75 Å². The molecule has 0 radical (unpaired) electrons. The van der Waals surface area contributed by atoms with Crippen LogP contribution >= 0.6 is 0 Å². The molecule has 1 heterocycles. The topological polar surface area (TPSA) is 84.6 Å². The molecule has 19 heavy (non-hydrogen) atoms. The van der Waals surface area contributed by atoms with Gasteiger partial charge >= 0.3 is 12.8 Å². The van der Waals surface area contributed by atoms with Gasteiger partial charge in [-0.3, -0.25) is 4.57 Å². The van der Waals surface area contributed by atoms with E-state index in [0.29, 0.717) is 16.8 Å². The lowest BCUT2D eigenvalue weighted by molar-refractivity contribution is 0.407. The molecule has 2 aromatic rings. The van der Waals surface area contributed by atoms with E-state index < -0.39 is 7.12 Å². The summed E-state index contributed by atoms with van der Waals surface area (Å²) in [7, 11) is -0.0461. The van der Waals surface area contributed by atoms with Crippen molar-refractivity contribution >= 4 is 12.6 Å². The van der Waals surface area contributed by atoms with Crippen molar-refractivity contribution in [3.8, 4) is 5.75 Å². The molecule has 98 valence electrons. The number of nitrogens with zero attached hydrogens (tertiary/aromatic N) is 2. The maximum atomic E-state index is 11.6. The molecule has 0 saturated heterocycles. The van der Waals surface area contributed by atoms with E-state index in [-0.39, 0.29) is 12.2 Å². The normalized spacial score (nSPS) is 10.3. The molecule has 0 aliphatic heterocycles. The van der Waals surface area contributed by atoms with Gasteiger partial charge in [-0.1, -0.05) is 12.1 Å². The van der Waals surface area contributed by atoms with Crippen molar-refractivity contribution in [3.63, 3.8) is 0 Å². The summed E-state index contributed by atoms with van der Waals surface area (Å²) in [6, 6.07) is 6.42. The van der Waals surface area contributed by atoms with Crippen molar-refractivity contribution in [1.82, 2.24) is 9.55 Å². The lowest BCUT2D eigenvalue weighted by Crippen LogP contribution is -2.30. The molecular formula is C12H13BN2O4. The van der Waals surface area contributed by atoms with Crippen LogP contribution < -0.4 is 15.9 Å². The zero-order valence-electron chi connectivity index (χ0n) is 10.4. The highest BCUT2D eigenvalue weighted by Gasteiger charge is 2.14. The molecule has 1 aromatic heterocycles. The van der Waals surface area contributed by atoms with Gasteiger partial charge in [0.1, 0.15) is 5.75 Å². The summed E-state index contributed by atoms with van der Waals surface area (Å²) in [6.07, 6.45) is 3.03. The lowest BCUT2D eigenvalue weighted by Gasteiger charge is -2.11. The highest BCUT2D eigenvalue weighted by Crippen LogP contribution is 2.17. The molecule has 0 amide bonds. The Morgan fingerprint density at radius 3 is 2.84 bits per heavy atom. The van der Waals surface area contributed by atoms with Gasteiger partial charge in [-0.2, -0.15) is 0 Å². The summed E-state index contributed by atoms with van der Waals surface area (Å²) in [5, 5.41) is 18.3. The van der Waals surface area contributed by atoms with Crippen LogP contribution in [0, 0.1) is 0 Å². The Kier molecular flexibility index (Phi) is 3.98. The molecule has 0 fully saturated rings. The first-order valence-electron chi connectivity index (χ1n) is 5.66. The van der Waals surface area contributed by atoms with E-state index in [1.54, 1.807) is 30.5 Å². The summed E-state index contributed by atoms with van der Waals surface area (Å²) in [5.74, 6) is 0.570. The quantitative estimate of drug-likeness (QED) is 0.687. The van der Waals surface area contributed by atoms with Crippen molar-refractivity contribution in [3.05, 3.63) is 52.7 Å². The van der Waals surface area contributed by atoms with Crippen LogP contribution in [0.25, 0.3) is 0 Å². The summed E-state index contributed by atoms with van der Waals surface area (Å²) in [6.45, 7) is 0.246. The first kappa shape index (κ1) is 13.3. The Balaban J connectivity index is 2.40. The number of benzene rings is 1. The third-order valence-corrected chi connectivity index (χ3v) is 2.73. The molecule has 6 nitrogen and oxygen atoms in total. The summed E-state index contributed by atoms with van der Waals surface area (Å²) in [4.78, 5) is 15.2. The molecule has 2 rings (SSSR count). The Morgan fingerprint density at radius 1 is 1.42 bits per heavy atom. The highest BCUT2D eigenvalue weighted by molar-refractivity contribution is 6.58. The molecule has 0 spiro atoms. The number of ether oxygens (including phenoxy) is 1. The maximum absolute atomic E-state index is 11.6. The van der Waals surface area contributed by atoms with E-state index in [1.165, 1.54) is 17.9 Å². The van der Waals surface area contributed by atoms with E-state index in [2.05, 4.69) is 4.98 Å². The zero-order chi connectivity index (χ0) is 13.8. The average Bonchev–Trinajstić information content (AvgIpc) is 2.41. The minimum absolute atomic E-state index is 0.246. The van der Waals surface area contributed by atoms with Crippen molar-refractivity contribution in [2.45, 2.75) is 6.54 Å². The van der Waals surface area contributed by atoms with Crippen LogP contribution in [0.1, 0.15) is 5.56 Å².